The van der Waals surface area contributed by atoms with Gasteiger partial charge in [0.15, 0.2) is 19.9 Å². The van der Waals surface area contributed by atoms with E-state index in [0.717, 1.165) is 11.1 Å². The molecule has 0 aliphatic carbocycles. The Morgan fingerprint density at radius 3 is 2.00 bits per heavy atom. The predicted molar refractivity (Wildman–Crippen MR) is 164 cm³/mol. The molecule has 0 spiro atoms. The number of aromatic nitrogens is 1. The number of anilines is 2. The normalized spacial score (nSPS) is 11.8. The van der Waals surface area contributed by atoms with Crippen LogP contribution in [0.1, 0.15) is 37.5 Å². The zero-order valence-electron chi connectivity index (χ0n) is 24.4. The topological polar surface area (TPSA) is 72.8 Å². The van der Waals surface area contributed by atoms with Crippen LogP contribution < -0.4 is 14.8 Å². The summed E-state index contributed by atoms with van der Waals surface area (Å²) in [5.74, 6) is -0.481. The van der Waals surface area contributed by atoms with E-state index in [1.54, 1.807) is 24.3 Å². The first-order valence-electron chi connectivity index (χ1n) is 13.8. The molecule has 0 saturated carbocycles. The lowest BCUT2D eigenvalue weighted by molar-refractivity contribution is 0.269. The smallest absolute Gasteiger partial charge is 0.241 e. The average Bonchev–Trinajstić information content (AvgIpc) is 2.95. The fourth-order valence-electron chi connectivity index (χ4n) is 3.84. The summed E-state index contributed by atoms with van der Waals surface area (Å²) in [6.45, 7) is 11.9. The lowest BCUT2D eigenvalue weighted by atomic mass is 10.1. The van der Waals surface area contributed by atoms with Crippen molar-refractivity contribution in [3.63, 3.8) is 0 Å². The SMILES string of the molecule is CC(C)(C)[Si](C)(C)OCCc1ccc(Nc2ccc(OCc3ccccc3)nc2OCc2ccccc2)c(O)c1F. The molecule has 216 valence electrons. The van der Waals surface area contributed by atoms with Crippen molar-refractivity contribution in [3.05, 3.63) is 107 Å². The maximum absolute atomic E-state index is 15.2. The van der Waals surface area contributed by atoms with E-state index in [-0.39, 0.29) is 23.2 Å². The van der Waals surface area contributed by atoms with Crippen molar-refractivity contribution in [1.29, 1.82) is 0 Å². The minimum atomic E-state index is -1.95. The highest BCUT2D eigenvalue weighted by Crippen LogP contribution is 2.38. The third kappa shape index (κ3) is 8.08. The molecule has 6 nitrogen and oxygen atoms in total. The number of phenolic OH excluding ortho intramolecular Hbond substituents is 1. The molecule has 41 heavy (non-hydrogen) atoms. The van der Waals surface area contributed by atoms with Crippen LogP contribution in [0.4, 0.5) is 15.8 Å². The molecule has 0 fully saturated rings. The molecule has 3 aromatic carbocycles. The Morgan fingerprint density at radius 2 is 1.39 bits per heavy atom. The number of hydrogen-bond acceptors (Lipinski definition) is 6. The zero-order chi connectivity index (χ0) is 29.5. The number of pyridine rings is 1. The summed E-state index contributed by atoms with van der Waals surface area (Å²) in [4.78, 5) is 4.56. The summed E-state index contributed by atoms with van der Waals surface area (Å²) in [7, 11) is -1.95. The van der Waals surface area contributed by atoms with Crippen LogP contribution >= 0.6 is 0 Å². The molecule has 8 heteroatoms. The van der Waals surface area contributed by atoms with Gasteiger partial charge in [-0.1, -0.05) is 87.5 Å². The number of nitrogens with one attached hydrogen (secondary N) is 1. The van der Waals surface area contributed by atoms with Crippen molar-refractivity contribution in [2.24, 2.45) is 0 Å². The molecule has 1 heterocycles. The van der Waals surface area contributed by atoms with Crippen molar-refractivity contribution in [1.82, 2.24) is 4.98 Å². The van der Waals surface area contributed by atoms with Gasteiger partial charge < -0.3 is 24.3 Å². The summed E-state index contributed by atoms with van der Waals surface area (Å²) < 4.78 is 33.4. The van der Waals surface area contributed by atoms with E-state index >= 15 is 4.39 Å². The number of phenols is 1. The first-order chi connectivity index (χ1) is 19.5. The second kappa shape index (κ2) is 13.2. The molecular weight excluding hydrogens is 535 g/mol. The van der Waals surface area contributed by atoms with Gasteiger partial charge in [0.2, 0.25) is 11.8 Å². The molecule has 0 atom stereocenters. The van der Waals surface area contributed by atoms with E-state index in [2.05, 4.69) is 44.2 Å². The Bertz CT molecular complexity index is 1430. The maximum atomic E-state index is 15.2. The largest absolute Gasteiger partial charge is 0.503 e. The van der Waals surface area contributed by atoms with Gasteiger partial charge in [-0.2, -0.15) is 4.98 Å². The third-order valence-corrected chi connectivity index (χ3v) is 11.9. The fourth-order valence-corrected chi connectivity index (χ4v) is 4.89. The molecule has 0 saturated heterocycles. The van der Waals surface area contributed by atoms with Crippen LogP contribution in [0.2, 0.25) is 18.1 Å². The Balaban J connectivity index is 1.50. The Morgan fingerprint density at radius 1 is 0.805 bits per heavy atom. The van der Waals surface area contributed by atoms with E-state index in [0.29, 0.717) is 36.8 Å². The van der Waals surface area contributed by atoms with Gasteiger partial charge in [-0.15, -0.1) is 0 Å². The van der Waals surface area contributed by atoms with Crippen LogP contribution in [0.3, 0.4) is 0 Å². The van der Waals surface area contributed by atoms with Gasteiger partial charge >= 0.3 is 0 Å². The molecule has 4 aromatic rings. The highest BCUT2D eigenvalue weighted by Gasteiger charge is 2.37. The fraction of sp³-hybridized carbons (Fsp3) is 0.303. The van der Waals surface area contributed by atoms with Gasteiger partial charge in [0.1, 0.15) is 18.9 Å². The van der Waals surface area contributed by atoms with E-state index in [1.807, 2.05) is 60.7 Å². The number of aromatic hydroxyl groups is 1. The molecule has 0 unspecified atom stereocenters. The lowest BCUT2D eigenvalue weighted by Gasteiger charge is -2.36. The molecule has 2 N–H and O–H groups in total. The number of rotatable bonds is 12. The van der Waals surface area contributed by atoms with Crippen molar-refractivity contribution >= 4 is 19.7 Å². The summed E-state index contributed by atoms with van der Waals surface area (Å²) in [6.07, 6.45) is 0.368. The predicted octanol–water partition coefficient (Wildman–Crippen LogP) is 8.39. The Hall–Kier alpha value is -3.88. The monoisotopic (exact) mass is 574 g/mol. The quantitative estimate of drug-likeness (QED) is 0.131. The Kier molecular flexibility index (Phi) is 9.68. The summed E-state index contributed by atoms with van der Waals surface area (Å²) in [6, 6.07) is 26.3. The van der Waals surface area contributed by atoms with Gasteiger partial charge in [-0.05, 0) is 53.4 Å². The van der Waals surface area contributed by atoms with Crippen LogP contribution in [0.25, 0.3) is 0 Å². The third-order valence-electron chi connectivity index (χ3n) is 7.39. The second-order valence-corrected chi connectivity index (χ2v) is 16.3. The average molecular weight is 575 g/mol. The summed E-state index contributed by atoms with van der Waals surface area (Å²) >= 11 is 0. The van der Waals surface area contributed by atoms with E-state index in [9.17, 15) is 5.11 Å². The molecule has 0 aliphatic heterocycles. The van der Waals surface area contributed by atoms with E-state index in [4.69, 9.17) is 13.9 Å². The standard InChI is InChI=1S/C33H39FN2O4Si/c1-33(2,3)41(4,5)40-21-20-26-16-17-27(31(37)30(26)34)35-28-18-19-29(38-22-24-12-8-6-9-13-24)36-32(28)39-23-25-14-10-7-11-15-25/h6-19,35,37H,20-23H2,1-5H3. The van der Waals surface area contributed by atoms with E-state index in [1.165, 1.54) is 0 Å². The van der Waals surface area contributed by atoms with Crippen molar-refractivity contribution < 1.29 is 23.4 Å². The summed E-state index contributed by atoms with van der Waals surface area (Å²) in [5, 5.41) is 13.9. The highest BCUT2D eigenvalue weighted by atomic mass is 28.4. The molecule has 4 rings (SSSR count). The summed E-state index contributed by atoms with van der Waals surface area (Å²) in [5.41, 5.74) is 3.06. The maximum Gasteiger partial charge on any atom is 0.241 e. The Labute approximate surface area is 243 Å². The van der Waals surface area contributed by atoms with Crippen LogP contribution in [-0.2, 0) is 24.1 Å². The van der Waals surface area contributed by atoms with Gasteiger partial charge in [-0.25, -0.2) is 4.39 Å². The molecule has 0 amide bonds. The van der Waals surface area contributed by atoms with Gasteiger partial charge in [0.25, 0.3) is 0 Å². The van der Waals surface area contributed by atoms with Gasteiger partial charge in [0.05, 0.1) is 5.69 Å². The number of nitrogens with zero attached hydrogens (tertiary/aromatic N) is 1. The molecule has 0 aliphatic rings. The number of benzene rings is 3. The first kappa shape index (κ1) is 30.1. The second-order valence-electron chi connectivity index (χ2n) is 11.5. The van der Waals surface area contributed by atoms with Crippen LogP contribution in [0.5, 0.6) is 17.5 Å². The number of ether oxygens (including phenoxy) is 2. The molecule has 1 aromatic heterocycles. The van der Waals surface area contributed by atoms with E-state index < -0.39 is 19.9 Å². The van der Waals surface area contributed by atoms with Crippen LogP contribution in [-0.4, -0.2) is 25.0 Å². The number of halogens is 1. The van der Waals surface area contributed by atoms with Gasteiger partial charge in [-0.3, -0.25) is 0 Å². The lowest BCUT2D eigenvalue weighted by Crippen LogP contribution is -2.41. The highest BCUT2D eigenvalue weighted by molar-refractivity contribution is 6.74. The van der Waals surface area contributed by atoms with Crippen molar-refractivity contribution in [2.75, 3.05) is 11.9 Å². The minimum absolute atomic E-state index is 0.0674. The zero-order valence-corrected chi connectivity index (χ0v) is 25.4. The molecule has 0 radical (unpaired) electrons. The minimum Gasteiger partial charge on any atom is -0.503 e. The van der Waals surface area contributed by atoms with Crippen LogP contribution in [0.15, 0.2) is 84.9 Å². The van der Waals surface area contributed by atoms with Crippen LogP contribution in [0, 0.1) is 5.82 Å². The van der Waals surface area contributed by atoms with Gasteiger partial charge in [0, 0.05) is 12.7 Å². The molecular formula is C33H39FN2O4Si. The first-order valence-corrected chi connectivity index (χ1v) is 16.7. The number of hydrogen-bond donors (Lipinski definition) is 2. The molecule has 0 bridgehead atoms. The van der Waals surface area contributed by atoms with Crippen molar-refractivity contribution in [2.45, 2.75) is 58.5 Å². The van der Waals surface area contributed by atoms with Crippen molar-refractivity contribution in [3.8, 4) is 17.5 Å².